The molecule has 2 N–H and O–H groups in total. The fourth-order valence-electron chi connectivity index (χ4n) is 2.26. The first kappa shape index (κ1) is 18.1. The molecule has 0 saturated heterocycles. The highest BCUT2D eigenvalue weighted by Crippen LogP contribution is 2.31. The van der Waals surface area contributed by atoms with E-state index in [-0.39, 0.29) is 17.5 Å². The van der Waals surface area contributed by atoms with Crippen molar-refractivity contribution in [3.8, 4) is 11.5 Å². The van der Waals surface area contributed by atoms with E-state index in [0.29, 0.717) is 6.54 Å². The second kappa shape index (κ2) is 8.56. The third-order valence-corrected chi connectivity index (χ3v) is 3.61. The van der Waals surface area contributed by atoms with Crippen molar-refractivity contribution in [3.05, 3.63) is 53.9 Å². The Labute approximate surface area is 139 Å². The molecule has 0 spiro atoms. The van der Waals surface area contributed by atoms with E-state index in [1.807, 2.05) is 6.92 Å². The standard InChI is InChI=1S/C17H20F2N2O3/c1-11(21-10-14(22)12-5-7-20-8-6-12)13-3-4-15(24-17(18)19)16(9-13)23-2/h3-9,11,14,17,21-22H,10H2,1-2H3. The lowest BCUT2D eigenvalue weighted by Gasteiger charge is -2.19. The molecule has 7 heteroatoms. The summed E-state index contributed by atoms with van der Waals surface area (Å²) in [5, 5.41) is 13.3. The number of hydrogen-bond acceptors (Lipinski definition) is 5. The Morgan fingerprint density at radius 3 is 2.46 bits per heavy atom. The third kappa shape index (κ3) is 4.87. The molecule has 0 saturated carbocycles. The molecule has 130 valence electrons. The smallest absolute Gasteiger partial charge is 0.387 e. The second-order valence-electron chi connectivity index (χ2n) is 5.22. The number of methoxy groups -OCH3 is 1. The van der Waals surface area contributed by atoms with Gasteiger partial charge in [0.2, 0.25) is 0 Å². The second-order valence-corrected chi connectivity index (χ2v) is 5.22. The topological polar surface area (TPSA) is 63.6 Å². The zero-order chi connectivity index (χ0) is 17.5. The number of nitrogens with one attached hydrogen (secondary N) is 1. The number of pyridine rings is 1. The Morgan fingerprint density at radius 2 is 1.83 bits per heavy atom. The van der Waals surface area contributed by atoms with Crippen molar-refractivity contribution in [1.29, 1.82) is 0 Å². The predicted octanol–water partition coefficient (Wildman–Crippen LogP) is 3.08. The first-order chi connectivity index (χ1) is 11.5. The molecule has 0 aliphatic heterocycles. The van der Waals surface area contributed by atoms with Crippen LogP contribution in [0.3, 0.4) is 0 Å². The number of alkyl halides is 2. The van der Waals surface area contributed by atoms with Crippen LogP contribution in [0.2, 0.25) is 0 Å². The summed E-state index contributed by atoms with van der Waals surface area (Å²) in [6.07, 6.45) is 2.57. The van der Waals surface area contributed by atoms with E-state index in [2.05, 4.69) is 15.0 Å². The summed E-state index contributed by atoms with van der Waals surface area (Å²) in [5.74, 6) is 0.219. The van der Waals surface area contributed by atoms with Gasteiger partial charge in [0.05, 0.1) is 13.2 Å². The Morgan fingerprint density at radius 1 is 1.12 bits per heavy atom. The molecule has 1 heterocycles. The molecular weight excluding hydrogens is 318 g/mol. The third-order valence-electron chi connectivity index (χ3n) is 3.61. The Balaban J connectivity index is 2.00. The number of rotatable bonds is 8. The summed E-state index contributed by atoms with van der Waals surface area (Å²) in [6.45, 7) is -0.666. The summed E-state index contributed by atoms with van der Waals surface area (Å²) in [4.78, 5) is 3.91. The van der Waals surface area contributed by atoms with E-state index in [9.17, 15) is 13.9 Å². The summed E-state index contributed by atoms with van der Waals surface area (Å²) in [7, 11) is 1.39. The van der Waals surface area contributed by atoms with Gasteiger partial charge in [-0.05, 0) is 42.3 Å². The molecular formula is C17H20F2N2O3. The number of ether oxygens (including phenoxy) is 2. The van der Waals surface area contributed by atoms with Crippen LogP contribution in [0.4, 0.5) is 8.78 Å². The number of benzene rings is 1. The van der Waals surface area contributed by atoms with Crippen LogP contribution in [0.15, 0.2) is 42.7 Å². The molecule has 0 aliphatic carbocycles. The zero-order valence-electron chi connectivity index (χ0n) is 13.4. The molecule has 1 aromatic heterocycles. The quantitative estimate of drug-likeness (QED) is 0.774. The average molecular weight is 338 g/mol. The van der Waals surface area contributed by atoms with Crippen LogP contribution in [-0.2, 0) is 0 Å². The fourth-order valence-corrected chi connectivity index (χ4v) is 2.26. The molecule has 2 unspecified atom stereocenters. The van der Waals surface area contributed by atoms with Crippen LogP contribution in [0.5, 0.6) is 11.5 Å². The maximum Gasteiger partial charge on any atom is 0.387 e. The van der Waals surface area contributed by atoms with Crippen LogP contribution in [-0.4, -0.2) is 30.4 Å². The average Bonchev–Trinajstić information content (AvgIpc) is 2.60. The van der Waals surface area contributed by atoms with Gasteiger partial charge in [0.25, 0.3) is 0 Å². The van der Waals surface area contributed by atoms with Crippen LogP contribution < -0.4 is 14.8 Å². The van der Waals surface area contributed by atoms with Crippen LogP contribution >= 0.6 is 0 Å². The summed E-state index contributed by atoms with van der Waals surface area (Å²) in [6, 6.07) is 8.13. The number of aliphatic hydroxyl groups excluding tert-OH is 1. The van der Waals surface area contributed by atoms with Crippen LogP contribution in [0, 0.1) is 0 Å². The Bertz CT molecular complexity index is 641. The minimum absolute atomic E-state index is 0.0136. The van der Waals surface area contributed by atoms with Crippen LogP contribution in [0.1, 0.15) is 30.2 Å². The lowest BCUT2D eigenvalue weighted by molar-refractivity contribution is -0.0512. The van der Waals surface area contributed by atoms with Crippen molar-refractivity contribution >= 4 is 0 Å². The molecule has 0 aliphatic rings. The molecule has 2 atom stereocenters. The number of hydrogen-bond donors (Lipinski definition) is 2. The lowest BCUT2D eigenvalue weighted by Crippen LogP contribution is -2.24. The van der Waals surface area contributed by atoms with E-state index < -0.39 is 12.7 Å². The van der Waals surface area contributed by atoms with Crippen molar-refractivity contribution in [2.75, 3.05) is 13.7 Å². The van der Waals surface area contributed by atoms with Crippen molar-refractivity contribution in [2.24, 2.45) is 0 Å². The van der Waals surface area contributed by atoms with Gasteiger partial charge >= 0.3 is 6.61 Å². The van der Waals surface area contributed by atoms with E-state index in [4.69, 9.17) is 4.74 Å². The highest BCUT2D eigenvalue weighted by Gasteiger charge is 2.15. The molecule has 0 bridgehead atoms. The van der Waals surface area contributed by atoms with Gasteiger partial charge in [0.1, 0.15) is 0 Å². The van der Waals surface area contributed by atoms with E-state index in [1.165, 1.54) is 13.2 Å². The van der Waals surface area contributed by atoms with Gasteiger partial charge in [-0.3, -0.25) is 4.98 Å². The minimum atomic E-state index is -2.91. The fraction of sp³-hybridized carbons (Fsp3) is 0.353. The van der Waals surface area contributed by atoms with Gasteiger partial charge < -0.3 is 19.9 Å². The molecule has 2 rings (SSSR count). The van der Waals surface area contributed by atoms with E-state index in [1.54, 1.807) is 36.7 Å². The molecule has 0 amide bonds. The minimum Gasteiger partial charge on any atom is -0.493 e. The van der Waals surface area contributed by atoms with Gasteiger partial charge in [-0.1, -0.05) is 6.07 Å². The number of halogens is 2. The first-order valence-corrected chi connectivity index (χ1v) is 7.45. The van der Waals surface area contributed by atoms with Gasteiger partial charge in [0.15, 0.2) is 11.5 Å². The Hall–Kier alpha value is -2.25. The number of aliphatic hydroxyl groups is 1. The van der Waals surface area contributed by atoms with Gasteiger partial charge in [0, 0.05) is 25.0 Å². The molecule has 1 aromatic carbocycles. The van der Waals surface area contributed by atoms with E-state index in [0.717, 1.165) is 11.1 Å². The first-order valence-electron chi connectivity index (χ1n) is 7.45. The summed E-state index contributed by atoms with van der Waals surface area (Å²) < 4.78 is 34.2. The predicted molar refractivity (Wildman–Crippen MR) is 85.2 cm³/mol. The molecule has 2 aromatic rings. The summed E-state index contributed by atoms with van der Waals surface area (Å²) >= 11 is 0. The monoisotopic (exact) mass is 338 g/mol. The summed E-state index contributed by atoms with van der Waals surface area (Å²) in [5.41, 5.74) is 1.60. The van der Waals surface area contributed by atoms with E-state index >= 15 is 0 Å². The lowest BCUT2D eigenvalue weighted by atomic mass is 10.1. The van der Waals surface area contributed by atoms with Gasteiger partial charge in [-0.2, -0.15) is 8.78 Å². The largest absolute Gasteiger partial charge is 0.493 e. The van der Waals surface area contributed by atoms with Crippen molar-refractivity contribution < 1.29 is 23.4 Å². The SMILES string of the molecule is COc1cc(C(C)NCC(O)c2ccncc2)ccc1OC(F)F. The molecule has 5 nitrogen and oxygen atoms in total. The van der Waals surface area contributed by atoms with Crippen molar-refractivity contribution in [3.63, 3.8) is 0 Å². The maximum absolute atomic E-state index is 12.3. The Kier molecular flexibility index (Phi) is 6.45. The number of aromatic nitrogens is 1. The highest BCUT2D eigenvalue weighted by molar-refractivity contribution is 5.43. The highest BCUT2D eigenvalue weighted by atomic mass is 19.3. The maximum atomic E-state index is 12.3. The molecule has 0 fully saturated rings. The van der Waals surface area contributed by atoms with Gasteiger partial charge in [-0.15, -0.1) is 0 Å². The van der Waals surface area contributed by atoms with Crippen molar-refractivity contribution in [1.82, 2.24) is 10.3 Å². The molecule has 24 heavy (non-hydrogen) atoms. The zero-order valence-corrected chi connectivity index (χ0v) is 13.4. The van der Waals surface area contributed by atoms with Gasteiger partial charge in [-0.25, -0.2) is 0 Å². The van der Waals surface area contributed by atoms with Crippen LogP contribution in [0.25, 0.3) is 0 Å². The van der Waals surface area contributed by atoms with Crippen molar-refractivity contribution in [2.45, 2.75) is 25.7 Å². The normalized spacial score (nSPS) is 13.6. The number of nitrogens with zero attached hydrogens (tertiary/aromatic N) is 1. The molecule has 0 radical (unpaired) electrons.